The van der Waals surface area contributed by atoms with Crippen LogP contribution in [0.15, 0.2) is 65.6 Å². The molecule has 1 aliphatic heterocycles. The molecule has 10 N–H and O–H groups in total. The van der Waals surface area contributed by atoms with E-state index in [-0.39, 0.29) is 17.5 Å². The van der Waals surface area contributed by atoms with E-state index in [4.69, 9.17) is 47.3 Å². The highest BCUT2D eigenvalue weighted by atomic mass is 19.3. The van der Waals surface area contributed by atoms with E-state index in [0.717, 1.165) is 43.0 Å². The third kappa shape index (κ3) is 8.94. The number of nitrogens with zero attached hydrogens (tertiary/aromatic N) is 2. The Hall–Kier alpha value is -4.60. The fraction of sp³-hybridized carbons (Fsp3) is 0.357. The zero-order valence-corrected chi connectivity index (χ0v) is 23.2. The first kappa shape index (κ1) is 32.9. The number of unbranched alkanes of at least 4 members (excludes halogenated alkanes) is 2. The lowest BCUT2D eigenvalue weighted by molar-refractivity contribution is -0.140. The number of rotatable bonds is 12. The van der Waals surface area contributed by atoms with Crippen molar-refractivity contribution in [1.82, 2.24) is 9.55 Å². The average molecular weight is 604 g/mol. The molecule has 0 radical (unpaired) electrons. The first-order valence-electron chi connectivity index (χ1n) is 13.3. The zero-order valence-electron chi connectivity index (χ0n) is 23.2. The number of ether oxygens (including phenoxy) is 3. The number of nitrogens with one attached hydrogen (secondary N) is 2. The van der Waals surface area contributed by atoms with Crippen LogP contribution < -0.4 is 32.4 Å². The van der Waals surface area contributed by atoms with Gasteiger partial charge in [0.15, 0.2) is 6.10 Å². The minimum Gasteiger partial charge on any atom is -0.494 e. The van der Waals surface area contributed by atoms with E-state index in [1.165, 1.54) is 0 Å². The third-order valence-electron chi connectivity index (χ3n) is 6.32. The number of hydrogen-bond donors (Lipinski definition) is 7. The minimum atomic E-state index is -3.71. The third-order valence-corrected chi connectivity index (χ3v) is 6.32. The largest absolute Gasteiger partial charge is 0.494 e. The van der Waals surface area contributed by atoms with Gasteiger partial charge in [-0.05, 0) is 73.9 Å². The minimum absolute atomic E-state index is 0.0579. The SMILES string of the molecule is N=C(N)c1ccc(OCCCCCOc2ccc(C(=N)N)cc2)cc1.Nc1ccn([C@@H]2O[C@H](CO)[C@@H](O)C2(F)F)c(=O)n1. The number of aliphatic hydroxyl groups is 2. The molecule has 1 aliphatic rings. The molecule has 0 unspecified atom stereocenters. The van der Waals surface area contributed by atoms with Crippen LogP contribution in [0.1, 0.15) is 36.6 Å². The molecule has 2 heterocycles. The van der Waals surface area contributed by atoms with Gasteiger partial charge in [-0.15, -0.1) is 0 Å². The van der Waals surface area contributed by atoms with Gasteiger partial charge in [-0.3, -0.25) is 15.4 Å². The van der Waals surface area contributed by atoms with E-state index in [1.54, 1.807) is 24.3 Å². The maximum absolute atomic E-state index is 13.7. The Kier molecular flexibility index (Phi) is 11.5. The lowest BCUT2D eigenvalue weighted by Gasteiger charge is -2.20. The van der Waals surface area contributed by atoms with E-state index in [1.807, 2.05) is 24.3 Å². The van der Waals surface area contributed by atoms with Gasteiger partial charge < -0.3 is 41.6 Å². The van der Waals surface area contributed by atoms with Gasteiger partial charge in [0.05, 0.1) is 19.8 Å². The molecule has 3 aromatic rings. The monoisotopic (exact) mass is 603 g/mol. The van der Waals surface area contributed by atoms with Gasteiger partial charge in [-0.1, -0.05) is 0 Å². The number of benzene rings is 2. The second-order valence-electron chi connectivity index (χ2n) is 9.50. The molecule has 3 atom stereocenters. The van der Waals surface area contributed by atoms with Gasteiger partial charge in [0, 0.05) is 17.3 Å². The van der Waals surface area contributed by atoms with Gasteiger partial charge >= 0.3 is 11.6 Å². The second kappa shape index (κ2) is 15.0. The Morgan fingerprint density at radius 3 is 1.81 bits per heavy atom. The number of nitrogen functional groups attached to an aromatic ring is 3. The second-order valence-corrected chi connectivity index (χ2v) is 9.50. The number of halogens is 2. The van der Waals surface area contributed by atoms with E-state index in [9.17, 15) is 18.7 Å². The molecule has 1 saturated heterocycles. The topological polar surface area (TPSA) is 229 Å². The molecule has 15 heteroatoms. The number of alkyl halides is 2. The van der Waals surface area contributed by atoms with Crippen LogP contribution in [0.2, 0.25) is 0 Å². The predicted molar refractivity (Wildman–Crippen MR) is 155 cm³/mol. The Balaban J connectivity index is 0.000000248. The van der Waals surface area contributed by atoms with E-state index in [0.29, 0.717) is 28.9 Å². The summed E-state index contributed by atoms with van der Waals surface area (Å²) >= 11 is 0. The normalized spacial score (nSPS) is 18.7. The summed E-state index contributed by atoms with van der Waals surface area (Å²) < 4.78 is 44.0. The molecule has 13 nitrogen and oxygen atoms in total. The molecule has 1 fully saturated rings. The molecule has 0 saturated carbocycles. The van der Waals surface area contributed by atoms with Gasteiger partial charge in [0.1, 0.15) is 35.1 Å². The van der Waals surface area contributed by atoms with Crippen molar-refractivity contribution in [3.05, 3.63) is 82.4 Å². The number of hydrogen-bond acceptors (Lipinski definition) is 10. The van der Waals surface area contributed by atoms with Crippen molar-refractivity contribution in [2.75, 3.05) is 25.6 Å². The average Bonchev–Trinajstić information content (AvgIpc) is 3.21. The number of aliphatic hydroxyl groups excluding tert-OH is 2. The maximum Gasteiger partial charge on any atom is 0.351 e. The summed E-state index contributed by atoms with van der Waals surface area (Å²) in [6.07, 6.45) is -1.79. The van der Waals surface area contributed by atoms with Crippen LogP contribution in [0, 0.1) is 10.8 Å². The first-order valence-corrected chi connectivity index (χ1v) is 13.3. The highest BCUT2D eigenvalue weighted by Gasteiger charge is 2.59. The number of nitrogens with two attached hydrogens (primary N) is 3. The molecular formula is C28H35F2N7O6. The molecule has 232 valence electrons. The molecule has 1 aromatic heterocycles. The van der Waals surface area contributed by atoms with Gasteiger partial charge in [-0.2, -0.15) is 13.8 Å². The molecule has 4 rings (SSSR count). The van der Waals surface area contributed by atoms with Crippen molar-refractivity contribution in [2.24, 2.45) is 11.5 Å². The molecule has 0 amide bonds. The summed E-state index contributed by atoms with van der Waals surface area (Å²) in [6.45, 7) is 0.504. The Morgan fingerprint density at radius 1 is 0.930 bits per heavy atom. The van der Waals surface area contributed by atoms with Crippen LogP contribution in [0.4, 0.5) is 14.6 Å². The molecule has 43 heavy (non-hydrogen) atoms. The van der Waals surface area contributed by atoms with Crippen molar-refractivity contribution in [3.63, 3.8) is 0 Å². The van der Waals surface area contributed by atoms with Gasteiger partial charge in [-0.25, -0.2) is 4.79 Å². The Morgan fingerprint density at radius 2 is 1.42 bits per heavy atom. The standard InChI is InChI=1S/C19H24N4O2.C9H11F2N3O4/c20-18(21)14-4-8-16(9-5-14)24-12-2-1-3-13-25-17-10-6-15(7-11-17)19(22)23;10-9(11)6(16)4(3-15)18-7(9)14-2-1-5(12)13-8(14)17/h4-11H,1-3,12-13H2,(H3,20,21)(H3,22,23);1-2,4,6-7,15-16H,3H2,(H2,12,13,17)/t;4-,6-,7-/m.1/s1. The van der Waals surface area contributed by atoms with Crippen molar-refractivity contribution in [2.45, 2.75) is 43.6 Å². The summed E-state index contributed by atoms with van der Waals surface area (Å²) in [5.74, 6) is -2.14. The van der Waals surface area contributed by atoms with E-state index >= 15 is 0 Å². The molecule has 0 bridgehead atoms. The molecule has 2 aromatic carbocycles. The number of anilines is 1. The predicted octanol–water partition coefficient (Wildman–Crippen LogP) is 1.59. The van der Waals surface area contributed by atoms with Crippen LogP contribution in [0.25, 0.3) is 0 Å². The van der Waals surface area contributed by atoms with Crippen molar-refractivity contribution in [3.8, 4) is 11.5 Å². The zero-order chi connectivity index (χ0) is 31.6. The fourth-order valence-corrected chi connectivity index (χ4v) is 3.95. The smallest absolute Gasteiger partial charge is 0.351 e. The lowest BCUT2D eigenvalue weighted by atomic mass is 10.1. The maximum atomic E-state index is 13.7. The van der Waals surface area contributed by atoms with E-state index in [2.05, 4.69) is 4.98 Å². The quantitative estimate of drug-likeness (QED) is 0.0898. The Labute approximate surface area is 245 Å². The summed E-state index contributed by atoms with van der Waals surface area (Å²) in [7, 11) is 0. The van der Waals surface area contributed by atoms with Crippen LogP contribution in [0.3, 0.4) is 0 Å². The summed E-state index contributed by atoms with van der Waals surface area (Å²) in [6, 6.07) is 15.6. The fourth-order valence-electron chi connectivity index (χ4n) is 3.95. The van der Waals surface area contributed by atoms with Crippen LogP contribution >= 0.6 is 0 Å². The van der Waals surface area contributed by atoms with Crippen LogP contribution in [-0.4, -0.2) is 69.4 Å². The molecular weight excluding hydrogens is 568 g/mol. The number of amidine groups is 2. The van der Waals surface area contributed by atoms with Gasteiger partial charge in [0.25, 0.3) is 0 Å². The Bertz CT molecular complexity index is 1360. The summed E-state index contributed by atoms with van der Waals surface area (Å²) in [4.78, 5) is 14.7. The van der Waals surface area contributed by atoms with Crippen LogP contribution in [0.5, 0.6) is 11.5 Å². The highest BCUT2D eigenvalue weighted by Crippen LogP contribution is 2.41. The van der Waals surface area contributed by atoms with Crippen LogP contribution in [-0.2, 0) is 4.74 Å². The van der Waals surface area contributed by atoms with Crippen molar-refractivity contribution in [1.29, 1.82) is 10.8 Å². The van der Waals surface area contributed by atoms with Crippen molar-refractivity contribution >= 4 is 17.5 Å². The molecule has 0 spiro atoms. The van der Waals surface area contributed by atoms with Gasteiger partial charge in [0.2, 0.25) is 6.23 Å². The van der Waals surface area contributed by atoms with Crippen molar-refractivity contribution < 1.29 is 33.2 Å². The summed E-state index contributed by atoms with van der Waals surface area (Å²) in [5, 5.41) is 32.8. The van der Waals surface area contributed by atoms with E-state index < -0.39 is 36.7 Å². The number of aromatic nitrogens is 2. The lowest BCUT2D eigenvalue weighted by Crippen LogP contribution is -2.41. The first-order chi connectivity index (χ1) is 20.4. The molecule has 0 aliphatic carbocycles. The highest BCUT2D eigenvalue weighted by molar-refractivity contribution is 5.95. The summed E-state index contributed by atoms with van der Waals surface area (Å²) in [5.41, 5.74) is 16.4.